The minimum absolute atomic E-state index is 0.00949. The number of carboxylic acids is 1. The first-order chi connectivity index (χ1) is 12.5. The highest BCUT2D eigenvalue weighted by Crippen LogP contribution is 2.30. The lowest BCUT2D eigenvalue weighted by Crippen LogP contribution is -2.25. The number of carbonyl (C=O) groups is 2. The van der Waals surface area contributed by atoms with Gasteiger partial charge >= 0.3 is 11.9 Å². The summed E-state index contributed by atoms with van der Waals surface area (Å²) in [4.78, 5) is 28.2. The number of rotatable bonds is 5. The molecule has 9 heteroatoms. The van der Waals surface area contributed by atoms with Crippen molar-refractivity contribution in [1.29, 1.82) is 0 Å². The first-order valence-electron chi connectivity index (χ1n) is 8.54. The molecule has 1 fully saturated rings. The lowest BCUT2D eigenvalue weighted by molar-refractivity contribution is -0.146. The molecule has 1 aliphatic carbocycles. The van der Waals surface area contributed by atoms with Crippen LogP contribution < -0.4 is 0 Å². The van der Waals surface area contributed by atoms with Crippen LogP contribution in [0.15, 0.2) is 12.1 Å². The Labute approximate surface area is 150 Å². The van der Waals surface area contributed by atoms with Crippen molar-refractivity contribution in [2.45, 2.75) is 39.2 Å². The van der Waals surface area contributed by atoms with Crippen LogP contribution in [0.25, 0.3) is 11.4 Å². The molecule has 138 valence electrons. The van der Waals surface area contributed by atoms with Crippen LogP contribution >= 0.6 is 0 Å². The highest BCUT2D eigenvalue weighted by atomic mass is 16.5. The molecule has 3 rings (SSSR count). The van der Waals surface area contributed by atoms with E-state index >= 15 is 0 Å². The highest BCUT2D eigenvalue weighted by Gasteiger charge is 2.27. The molecule has 1 aliphatic rings. The van der Waals surface area contributed by atoms with Gasteiger partial charge in [0.15, 0.2) is 0 Å². The first-order valence-corrected chi connectivity index (χ1v) is 8.54. The smallest absolute Gasteiger partial charge is 0.354 e. The van der Waals surface area contributed by atoms with Crippen molar-refractivity contribution in [3.05, 3.63) is 23.5 Å². The number of pyridine rings is 1. The molecular formula is C17H21N5O4. The van der Waals surface area contributed by atoms with Gasteiger partial charge in [-0.25, -0.2) is 9.78 Å². The molecule has 0 aromatic carbocycles. The minimum Gasteiger partial charge on any atom is -0.477 e. The van der Waals surface area contributed by atoms with Gasteiger partial charge in [-0.2, -0.15) is 4.80 Å². The SMILES string of the molecule is COC(=O)[C@H]1CC[C@H](Cn2nnc(-c3cc(C)nc(C(=O)O)c3)n2)CC1. The maximum atomic E-state index is 11.6. The van der Waals surface area contributed by atoms with E-state index in [1.165, 1.54) is 18.0 Å². The van der Waals surface area contributed by atoms with Gasteiger partial charge in [-0.3, -0.25) is 4.79 Å². The predicted octanol–water partition coefficient (Wildman–Crippen LogP) is 1.72. The van der Waals surface area contributed by atoms with Crippen molar-refractivity contribution in [3.63, 3.8) is 0 Å². The Morgan fingerprint density at radius 1 is 1.27 bits per heavy atom. The number of methoxy groups -OCH3 is 1. The summed E-state index contributed by atoms with van der Waals surface area (Å²) < 4.78 is 4.81. The quantitative estimate of drug-likeness (QED) is 0.801. The van der Waals surface area contributed by atoms with E-state index in [-0.39, 0.29) is 17.6 Å². The Hall–Kier alpha value is -2.84. The fraction of sp³-hybridized carbons (Fsp3) is 0.529. The van der Waals surface area contributed by atoms with E-state index in [2.05, 4.69) is 20.4 Å². The zero-order valence-electron chi connectivity index (χ0n) is 14.8. The van der Waals surface area contributed by atoms with Crippen molar-refractivity contribution in [2.75, 3.05) is 7.11 Å². The number of carboxylic acid groups (broad SMARTS) is 1. The van der Waals surface area contributed by atoms with E-state index in [1.54, 1.807) is 13.0 Å². The number of hydrogen-bond acceptors (Lipinski definition) is 7. The van der Waals surface area contributed by atoms with Crippen molar-refractivity contribution in [2.24, 2.45) is 11.8 Å². The number of carbonyl (C=O) groups excluding carboxylic acids is 1. The van der Waals surface area contributed by atoms with E-state index in [0.29, 0.717) is 29.5 Å². The molecule has 0 bridgehead atoms. The van der Waals surface area contributed by atoms with E-state index in [0.717, 1.165) is 25.7 Å². The Morgan fingerprint density at radius 2 is 2.00 bits per heavy atom. The van der Waals surface area contributed by atoms with Crippen molar-refractivity contribution in [1.82, 2.24) is 25.2 Å². The topological polar surface area (TPSA) is 120 Å². The van der Waals surface area contributed by atoms with Crippen molar-refractivity contribution < 1.29 is 19.4 Å². The van der Waals surface area contributed by atoms with Gasteiger partial charge in [0.1, 0.15) is 5.69 Å². The molecule has 26 heavy (non-hydrogen) atoms. The Bertz CT molecular complexity index is 811. The first kappa shape index (κ1) is 18.0. The molecule has 0 aliphatic heterocycles. The van der Waals surface area contributed by atoms with E-state index in [9.17, 15) is 9.59 Å². The molecule has 0 amide bonds. The van der Waals surface area contributed by atoms with Crippen LogP contribution in [0.2, 0.25) is 0 Å². The van der Waals surface area contributed by atoms with E-state index in [1.807, 2.05) is 0 Å². The zero-order chi connectivity index (χ0) is 18.7. The molecule has 0 unspecified atom stereocenters. The fourth-order valence-electron chi connectivity index (χ4n) is 3.32. The molecule has 2 heterocycles. The Morgan fingerprint density at radius 3 is 2.65 bits per heavy atom. The van der Waals surface area contributed by atoms with Crippen LogP contribution in [0.5, 0.6) is 0 Å². The summed E-state index contributed by atoms with van der Waals surface area (Å²) in [5, 5.41) is 21.6. The summed E-state index contributed by atoms with van der Waals surface area (Å²) in [6.45, 7) is 2.34. The molecule has 1 N–H and O–H groups in total. The minimum atomic E-state index is -1.09. The van der Waals surface area contributed by atoms with Crippen LogP contribution in [0.4, 0.5) is 0 Å². The Kier molecular flexibility index (Phi) is 5.24. The third-order valence-corrected chi connectivity index (χ3v) is 4.69. The summed E-state index contributed by atoms with van der Waals surface area (Å²) in [6, 6.07) is 3.17. The summed E-state index contributed by atoms with van der Waals surface area (Å²) in [6.07, 6.45) is 3.44. The number of hydrogen-bond donors (Lipinski definition) is 1. The third kappa shape index (κ3) is 4.04. The van der Waals surface area contributed by atoms with Crippen LogP contribution in [-0.2, 0) is 16.1 Å². The molecule has 0 spiro atoms. The maximum absolute atomic E-state index is 11.6. The average molecular weight is 359 g/mol. The second kappa shape index (κ2) is 7.59. The number of aryl methyl sites for hydroxylation is 1. The van der Waals surface area contributed by atoms with Gasteiger partial charge in [0.2, 0.25) is 5.82 Å². The molecule has 2 aromatic rings. The molecule has 9 nitrogen and oxygen atoms in total. The summed E-state index contributed by atoms with van der Waals surface area (Å²) >= 11 is 0. The maximum Gasteiger partial charge on any atom is 0.354 e. The zero-order valence-corrected chi connectivity index (χ0v) is 14.8. The largest absolute Gasteiger partial charge is 0.477 e. The lowest BCUT2D eigenvalue weighted by Gasteiger charge is -2.26. The van der Waals surface area contributed by atoms with Crippen LogP contribution in [-0.4, -0.2) is 49.3 Å². The predicted molar refractivity (Wildman–Crippen MR) is 90.2 cm³/mol. The molecule has 0 atom stereocenters. The number of esters is 1. The highest BCUT2D eigenvalue weighted by molar-refractivity contribution is 5.86. The number of aromatic nitrogens is 5. The standard InChI is InChI=1S/C17H21N5O4/c1-10-7-13(8-14(18-10)16(23)24)15-19-21-22(20-15)9-11-3-5-12(6-4-11)17(25)26-2/h7-8,11-12H,3-6,9H2,1-2H3,(H,23,24)/t11-,12-. The monoisotopic (exact) mass is 359 g/mol. The lowest BCUT2D eigenvalue weighted by atomic mass is 9.82. The molecule has 0 saturated heterocycles. The second-order valence-corrected chi connectivity index (χ2v) is 6.60. The van der Waals surface area contributed by atoms with Gasteiger partial charge in [0.25, 0.3) is 0 Å². The van der Waals surface area contributed by atoms with Crippen LogP contribution in [0.1, 0.15) is 41.9 Å². The molecule has 1 saturated carbocycles. The van der Waals surface area contributed by atoms with Gasteiger partial charge in [0, 0.05) is 11.3 Å². The second-order valence-electron chi connectivity index (χ2n) is 6.60. The number of nitrogens with zero attached hydrogens (tertiary/aromatic N) is 5. The fourth-order valence-corrected chi connectivity index (χ4v) is 3.32. The number of aromatic carboxylic acids is 1. The summed E-state index contributed by atoms with van der Waals surface area (Å²) in [5.74, 6) is -0.477. The van der Waals surface area contributed by atoms with Crippen LogP contribution in [0, 0.1) is 18.8 Å². The molecular weight excluding hydrogens is 338 g/mol. The van der Waals surface area contributed by atoms with Crippen molar-refractivity contribution >= 4 is 11.9 Å². The van der Waals surface area contributed by atoms with Gasteiger partial charge in [-0.15, -0.1) is 10.2 Å². The van der Waals surface area contributed by atoms with Gasteiger partial charge < -0.3 is 9.84 Å². The van der Waals surface area contributed by atoms with E-state index in [4.69, 9.17) is 9.84 Å². The Balaban J connectivity index is 1.66. The van der Waals surface area contributed by atoms with Crippen molar-refractivity contribution in [3.8, 4) is 11.4 Å². The molecule has 0 radical (unpaired) electrons. The summed E-state index contributed by atoms with van der Waals surface area (Å²) in [5.41, 5.74) is 1.12. The average Bonchev–Trinajstić information content (AvgIpc) is 3.09. The summed E-state index contributed by atoms with van der Waals surface area (Å²) in [7, 11) is 1.42. The number of tetrazole rings is 1. The van der Waals surface area contributed by atoms with E-state index < -0.39 is 5.97 Å². The normalized spacial score (nSPS) is 19.9. The van der Waals surface area contributed by atoms with Gasteiger partial charge in [-0.05, 0) is 55.9 Å². The van der Waals surface area contributed by atoms with Gasteiger partial charge in [-0.1, -0.05) is 0 Å². The number of ether oxygens (including phenoxy) is 1. The van der Waals surface area contributed by atoms with Gasteiger partial charge in [0.05, 0.1) is 19.6 Å². The third-order valence-electron chi connectivity index (χ3n) is 4.69. The van der Waals surface area contributed by atoms with Crippen LogP contribution in [0.3, 0.4) is 0 Å². The molecule has 2 aromatic heterocycles.